The topological polar surface area (TPSA) is 0 Å². The highest BCUT2D eigenvalue weighted by Crippen LogP contribution is 2.22. The van der Waals surface area contributed by atoms with Gasteiger partial charge < -0.3 is 0 Å². The fourth-order valence-corrected chi connectivity index (χ4v) is 4.14. The predicted octanol–water partition coefficient (Wildman–Crippen LogP) is 7.71. The third-order valence-corrected chi connectivity index (χ3v) is 6.24. The van der Waals surface area contributed by atoms with E-state index in [2.05, 4.69) is 150 Å². The van der Waals surface area contributed by atoms with Crippen LogP contribution in [0.25, 0.3) is 21.5 Å². The SMILES string of the molecule is Cc1ccc(C#Cc2ccc3cc(C#Cc4ccc(I)cc4)ccc3c2)c2ccccc12. The van der Waals surface area contributed by atoms with Crippen molar-refractivity contribution in [3.8, 4) is 23.7 Å². The Kier molecular flexibility index (Phi) is 5.68. The van der Waals surface area contributed by atoms with Crippen molar-refractivity contribution in [2.75, 3.05) is 0 Å². The maximum Gasteiger partial charge on any atom is 0.0327 e. The molecule has 0 radical (unpaired) electrons. The first-order chi connectivity index (χ1) is 15.7. The fourth-order valence-electron chi connectivity index (χ4n) is 3.78. The van der Waals surface area contributed by atoms with Crippen LogP contribution in [0.5, 0.6) is 0 Å². The Bertz CT molecular complexity index is 1580. The van der Waals surface area contributed by atoms with E-state index in [0.717, 1.165) is 22.3 Å². The van der Waals surface area contributed by atoms with Crippen LogP contribution in [0.2, 0.25) is 0 Å². The van der Waals surface area contributed by atoms with Crippen molar-refractivity contribution in [3.05, 3.63) is 128 Å². The summed E-state index contributed by atoms with van der Waals surface area (Å²) in [7, 11) is 0. The van der Waals surface area contributed by atoms with E-state index in [0.29, 0.717) is 0 Å². The van der Waals surface area contributed by atoms with Gasteiger partial charge in [-0.25, -0.2) is 0 Å². The lowest BCUT2D eigenvalue weighted by Gasteiger charge is -2.04. The number of aryl methyl sites for hydroxylation is 1. The minimum atomic E-state index is 1.01. The van der Waals surface area contributed by atoms with Crippen LogP contribution in [0.4, 0.5) is 0 Å². The molecule has 0 amide bonds. The van der Waals surface area contributed by atoms with Gasteiger partial charge in [0.15, 0.2) is 0 Å². The van der Waals surface area contributed by atoms with Crippen LogP contribution in [0.15, 0.2) is 97.1 Å². The van der Waals surface area contributed by atoms with Gasteiger partial charge in [0, 0.05) is 25.8 Å². The number of benzene rings is 5. The van der Waals surface area contributed by atoms with Crippen LogP contribution < -0.4 is 0 Å². The monoisotopic (exact) mass is 518 g/mol. The molecule has 0 saturated heterocycles. The minimum Gasteiger partial charge on any atom is -0.0617 e. The molecule has 0 fully saturated rings. The number of halogens is 1. The summed E-state index contributed by atoms with van der Waals surface area (Å²) in [6, 6.07) is 33.7. The van der Waals surface area contributed by atoms with Gasteiger partial charge in [0.05, 0.1) is 0 Å². The predicted molar refractivity (Wildman–Crippen MR) is 144 cm³/mol. The average molecular weight is 518 g/mol. The normalized spacial score (nSPS) is 10.3. The van der Waals surface area contributed by atoms with Crippen LogP contribution in [0.3, 0.4) is 0 Å². The molecular formula is C31H19I. The van der Waals surface area contributed by atoms with Crippen LogP contribution in [0.1, 0.15) is 27.8 Å². The van der Waals surface area contributed by atoms with Crippen molar-refractivity contribution in [2.45, 2.75) is 6.92 Å². The maximum atomic E-state index is 3.38. The van der Waals surface area contributed by atoms with Gasteiger partial charge in [0.25, 0.3) is 0 Å². The Morgan fingerprint density at radius 3 is 1.78 bits per heavy atom. The van der Waals surface area contributed by atoms with E-state index < -0.39 is 0 Å². The zero-order valence-corrected chi connectivity index (χ0v) is 19.8. The van der Waals surface area contributed by atoms with E-state index in [9.17, 15) is 0 Å². The summed E-state index contributed by atoms with van der Waals surface area (Å²) in [5, 5.41) is 4.81. The molecule has 5 aromatic carbocycles. The van der Waals surface area contributed by atoms with E-state index in [1.807, 2.05) is 0 Å². The molecule has 0 bridgehead atoms. The van der Waals surface area contributed by atoms with Gasteiger partial charge in [-0.05, 0) is 111 Å². The highest BCUT2D eigenvalue weighted by atomic mass is 127. The smallest absolute Gasteiger partial charge is 0.0327 e. The Labute approximate surface area is 202 Å². The standard InChI is InChI=1S/C31H19I/c1-22-6-14-26(31-5-3-2-4-30(22)31)15-9-25-11-17-27-20-24(10-16-28(27)21-25)8-7-23-12-18-29(32)19-13-23/h2-6,10-14,16-21H,1H3. The Balaban J connectivity index is 1.44. The zero-order valence-electron chi connectivity index (χ0n) is 17.6. The second-order valence-electron chi connectivity index (χ2n) is 7.76. The Morgan fingerprint density at radius 2 is 1.09 bits per heavy atom. The van der Waals surface area contributed by atoms with Crippen molar-refractivity contribution in [1.82, 2.24) is 0 Å². The third-order valence-electron chi connectivity index (χ3n) is 5.52. The van der Waals surface area contributed by atoms with Gasteiger partial charge in [-0.15, -0.1) is 0 Å². The molecule has 0 atom stereocenters. The zero-order chi connectivity index (χ0) is 21.9. The number of rotatable bonds is 0. The van der Waals surface area contributed by atoms with Crippen LogP contribution in [-0.4, -0.2) is 0 Å². The second-order valence-corrected chi connectivity index (χ2v) is 9.00. The summed E-state index contributed by atoms with van der Waals surface area (Å²) in [4.78, 5) is 0. The summed E-state index contributed by atoms with van der Waals surface area (Å²) in [5.41, 5.74) is 5.39. The highest BCUT2D eigenvalue weighted by molar-refractivity contribution is 14.1. The summed E-state index contributed by atoms with van der Waals surface area (Å²) < 4.78 is 1.22. The molecule has 150 valence electrons. The molecule has 0 aliphatic rings. The summed E-state index contributed by atoms with van der Waals surface area (Å²) in [6.07, 6.45) is 0. The second kappa shape index (κ2) is 8.91. The lowest BCUT2D eigenvalue weighted by Crippen LogP contribution is -1.84. The highest BCUT2D eigenvalue weighted by Gasteiger charge is 2.01. The molecule has 0 aliphatic carbocycles. The van der Waals surface area contributed by atoms with Gasteiger partial charge in [-0.1, -0.05) is 66.1 Å². The molecule has 0 heterocycles. The molecule has 0 aromatic heterocycles. The molecule has 32 heavy (non-hydrogen) atoms. The van der Waals surface area contributed by atoms with Crippen molar-refractivity contribution >= 4 is 44.1 Å². The maximum absolute atomic E-state index is 3.38. The lowest BCUT2D eigenvalue weighted by atomic mass is 10.00. The average Bonchev–Trinajstić information content (AvgIpc) is 2.83. The van der Waals surface area contributed by atoms with Gasteiger partial charge in [-0.3, -0.25) is 0 Å². The van der Waals surface area contributed by atoms with Gasteiger partial charge in [0.2, 0.25) is 0 Å². The first-order valence-corrected chi connectivity index (χ1v) is 11.6. The van der Waals surface area contributed by atoms with E-state index in [1.165, 1.54) is 30.7 Å². The van der Waals surface area contributed by atoms with Crippen molar-refractivity contribution in [2.24, 2.45) is 0 Å². The first-order valence-electron chi connectivity index (χ1n) is 10.5. The molecule has 5 aromatic rings. The number of hydrogen-bond donors (Lipinski definition) is 0. The fraction of sp³-hybridized carbons (Fsp3) is 0.0323. The molecule has 1 heteroatoms. The van der Waals surface area contributed by atoms with Crippen molar-refractivity contribution in [1.29, 1.82) is 0 Å². The number of fused-ring (bicyclic) bond motifs is 2. The van der Waals surface area contributed by atoms with Crippen molar-refractivity contribution in [3.63, 3.8) is 0 Å². The summed E-state index contributed by atoms with van der Waals surface area (Å²) in [5.74, 6) is 13.2. The lowest BCUT2D eigenvalue weighted by molar-refractivity contribution is 1.52. The molecule has 0 saturated carbocycles. The Hall–Kier alpha value is -3.53. The van der Waals surface area contributed by atoms with Gasteiger partial charge >= 0.3 is 0 Å². The van der Waals surface area contributed by atoms with Crippen LogP contribution in [0, 0.1) is 34.2 Å². The van der Waals surface area contributed by atoms with Gasteiger partial charge in [-0.2, -0.15) is 0 Å². The van der Waals surface area contributed by atoms with E-state index in [-0.39, 0.29) is 0 Å². The molecule has 0 aliphatic heterocycles. The van der Waals surface area contributed by atoms with E-state index in [1.54, 1.807) is 0 Å². The molecule has 0 N–H and O–H groups in total. The van der Waals surface area contributed by atoms with Crippen LogP contribution in [-0.2, 0) is 0 Å². The third kappa shape index (κ3) is 4.40. The molecule has 0 nitrogen and oxygen atoms in total. The van der Waals surface area contributed by atoms with Crippen molar-refractivity contribution < 1.29 is 0 Å². The minimum absolute atomic E-state index is 1.01. The summed E-state index contributed by atoms with van der Waals surface area (Å²) in [6.45, 7) is 2.14. The molecule has 0 unspecified atom stereocenters. The van der Waals surface area contributed by atoms with E-state index >= 15 is 0 Å². The molecular weight excluding hydrogens is 499 g/mol. The largest absolute Gasteiger partial charge is 0.0617 e. The molecule has 0 spiro atoms. The first kappa shape index (κ1) is 20.4. The van der Waals surface area contributed by atoms with Crippen LogP contribution >= 0.6 is 22.6 Å². The Morgan fingerprint density at radius 1 is 0.531 bits per heavy atom. The van der Waals surface area contributed by atoms with Gasteiger partial charge in [0.1, 0.15) is 0 Å². The quantitative estimate of drug-likeness (QED) is 0.146. The van der Waals surface area contributed by atoms with E-state index in [4.69, 9.17) is 0 Å². The number of hydrogen-bond acceptors (Lipinski definition) is 0. The summed E-state index contributed by atoms with van der Waals surface area (Å²) >= 11 is 2.30. The molecule has 5 rings (SSSR count).